The normalized spacial score (nSPS) is 12.0. The van der Waals surface area contributed by atoms with E-state index >= 15 is 0 Å². The SMILES string of the molecule is CCCCCCCCCOC(=O)CCCCCCCCC(=O)OCC(CCCCC)CCOC. The summed E-state index contributed by atoms with van der Waals surface area (Å²) in [7, 11) is 1.72. The Kier molecular flexibility index (Phi) is 25.6. The van der Waals surface area contributed by atoms with Gasteiger partial charge in [-0.15, -0.1) is 0 Å². The van der Waals surface area contributed by atoms with Crippen LogP contribution in [0.4, 0.5) is 0 Å². The van der Waals surface area contributed by atoms with Crippen LogP contribution in [0.15, 0.2) is 0 Å². The second-order valence-corrected chi connectivity index (χ2v) is 9.79. The number of methoxy groups -OCH3 is 1. The molecule has 0 aliphatic heterocycles. The van der Waals surface area contributed by atoms with Gasteiger partial charge in [-0.3, -0.25) is 9.59 Å². The molecule has 0 radical (unpaired) electrons. The van der Waals surface area contributed by atoms with Gasteiger partial charge < -0.3 is 14.2 Å². The van der Waals surface area contributed by atoms with Crippen molar-refractivity contribution in [3.63, 3.8) is 0 Å². The number of hydrogen-bond donors (Lipinski definition) is 0. The first-order valence-corrected chi connectivity index (χ1v) is 14.4. The molecular formula is C29H56O5. The Morgan fingerprint density at radius 3 is 1.65 bits per heavy atom. The van der Waals surface area contributed by atoms with Crippen LogP contribution in [0.25, 0.3) is 0 Å². The zero-order valence-corrected chi connectivity index (χ0v) is 22.9. The molecule has 0 aromatic rings. The predicted molar refractivity (Wildman–Crippen MR) is 141 cm³/mol. The third-order valence-corrected chi connectivity index (χ3v) is 6.45. The van der Waals surface area contributed by atoms with E-state index in [1.165, 1.54) is 51.4 Å². The number of ether oxygens (including phenoxy) is 3. The Hall–Kier alpha value is -1.10. The molecule has 0 aromatic carbocycles. The lowest BCUT2D eigenvalue weighted by atomic mass is 9.99. The fourth-order valence-corrected chi connectivity index (χ4v) is 4.12. The van der Waals surface area contributed by atoms with Gasteiger partial charge in [0.15, 0.2) is 0 Å². The largest absolute Gasteiger partial charge is 0.466 e. The average Bonchev–Trinajstić information content (AvgIpc) is 2.83. The molecule has 0 aromatic heterocycles. The van der Waals surface area contributed by atoms with E-state index in [1.807, 2.05) is 0 Å². The molecule has 0 fully saturated rings. The van der Waals surface area contributed by atoms with E-state index in [0.29, 0.717) is 32.0 Å². The lowest BCUT2D eigenvalue weighted by Gasteiger charge is -2.16. The number of esters is 2. The second-order valence-electron chi connectivity index (χ2n) is 9.79. The van der Waals surface area contributed by atoms with E-state index < -0.39 is 0 Å². The molecule has 0 saturated heterocycles. The molecule has 0 heterocycles. The van der Waals surface area contributed by atoms with Crippen molar-refractivity contribution < 1.29 is 23.8 Å². The van der Waals surface area contributed by atoms with Gasteiger partial charge in [0.2, 0.25) is 0 Å². The summed E-state index contributed by atoms with van der Waals surface area (Å²) in [6, 6.07) is 0. The highest BCUT2D eigenvalue weighted by Crippen LogP contribution is 2.16. The maximum Gasteiger partial charge on any atom is 0.305 e. The van der Waals surface area contributed by atoms with Crippen molar-refractivity contribution >= 4 is 11.9 Å². The van der Waals surface area contributed by atoms with Crippen LogP contribution in [-0.4, -0.2) is 38.9 Å². The molecule has 34 heavy (non-hydrogen) atoms. The molecule has 0 aliphatic carbocycles. The average molecular weight is 485 g/mol. The van der Waals surface area contributed by atoms with Gasteiger partial charge in [0, 0.05) is 26.6 Å². The van der Waals surface area contributed by atoms with Crippen molar-refractivity contribution in [1.82, 2.24) is 0 Å². The van der Waals surface area contributed by atoms with Crippen LogP contribution < -0.4 is 0 Å². The van der Waals surface area contributed by atoms with Gasteiger partial charge in [-0.1, -0.05) is 97.3 Å². The van der Waals surface area contributed by atoms with Crippen LogP contribution in [0.2, 0.25) is 0 Å². The Morgan fingerprint density at radius 1 is 0.559 bits per heavy atom. The number of hydrogen-bond acceptors (Lipinski definition) is 5. The Morgan fingerprint density at radius 2 is 1.06 bits per heavy atom. The Bertz CT molecular complexity index is 452. The van der Waals surface area contributed by atoms with Crippen molar-refractivity contribution in [2.24, 2.45) is 5.92 Å². The first-order chi connectivity index (χ1) is 16.6. The molecule has 0 bridgehead atoms. The monoisotopic (exact) mass is 484 g/mol. The highest BCUT2D eigenvalue weighted by molar-refractivity contribution is 5.69. The number of unbranched alkanes of at least 4 members (excludes halogenated alkanes) is 13. The zero-order chi connectivity index (χ0) is 25.1. The second kappa shape index (κ2) is 26.5. The first-order valence-electron chi connectivity index (χ1n) is 14.4. The highest BCUT2D eigenvalue weighted by Gasteiger charge is 2.12. The van der Waals surface area contributed by atoms with Gasteiger partial charge in [0.25, 0.3) is 0 Å². The lowest BCUT2D eigenvalue weighted by molar-refractivity contribution is -0.145. The van der Waals surface area contributed by atoms with Gasteiger partial charge in [0.05, 0.1) is 13.2 Å². The summed E-state index contributed by atoms with van der Waals surface area (Å²) in [5.74, 6) is 0.298. The fraction of sp³-hybridized carbons (Fsp3) is 0.931. The van der Waals surface area contributed by atoms with Crippen LogP contribution in [-0.2, 0) is 23.8 Å². The fourth-order valence-electron chi connectivity index (χ4n) is 4.12. The predicted octanol–water partition coefficient (Wildman–Crippen LogP) is 8.18. The molecule has 0 aliphatic rings. The molecule has 1 unspecified atom stereocenters. The minimum Gasteiger partial charge on any atom is -0.466 e. The Balaban J connectivity index is 3.53. The third kappa shape index (κ3) is 24.0. The highest BCUT2D eigenvalue weighted by atomic mass is 16.5. The van der Waals surface area contributed by atoms with Crippen LogP contribution in [0.5, 0.6) is 0 Å². The van der Waals surface area contributed by atoms with E-state index in [1.54, 1.807) is 7.11 Å². The van der Waals surface area contributed by atoms with Gasteiger partial charge in [-0.05, 0) is 38.0 Å². The summed E-state index contributed by atoms with van der Waals surface area (Å²) in [4.78, 5) is 23.8. The molecule has 0 spiro atoms. The molecule has 5 heteroatoms. The number of carbonyl (C=O) groups excluding carboxylic acids is 2. The summed E-state index contributed by atoms with van der Waals surface area (Å²) in [6.45, 7) is 6.27. The number of carbonyl (C=O) groups is 2. The molecular weight excluding hydrogens is 428 g/mol. The standard InChI is InChI=1S/C29H56O5/c1-4-6-8-9-12-15-19-24-33-28(30)21-17-13-10-11-14-18-22-29(31)34-26-27(23-25-32-3)20-16-7-5-2/h27H,4-26H2,1-3H3. The third-order valence-electron chi connectivity index (χ3n) is 6.45. The lowest BCUT2D eigenvalue weighted by Crippen LogP contribution is -2.16. The van der Waals surface area contributed by atoms with E-state index in [2.05, 4.69) is 13.8 Å². The summed E-state index contributed by atoms with van der Waals surface area (Å²) in [5, 5.41) is 0. The quantitative estimate of drug-likeness (QED) is 0.0915. The van der Waals surface area contributed by atoms with Crippen molar-refractivity contribution in [3.05, 3.63) is 0 Å². The van der Waals surface area contributed by atoms with E-state index in [4.69, 9.17) is 14.2 Å². The van der Waals surface area contributed by atoms with E-state index in [0.717, 1.165) is 70.8 Å². The zero-order valence-electron chi connectivity index (χ0n) is 22.9. The molecule has 0 rings (SSSR count). The van der Waals surface area contributed by atoms with Crippen LogP contribution in [0, 0.1) is 5.92 Å². The Labute approximate surface area is 211 Å². The minimum atomic E-state index is -0.0680. The molecule has 202 valence electrons. The van der Waals surface area contributed by atoms with Gasteiger partial charge >= 0.3 is 11.9 Å². The maximum absolute atomic E-state index is 12.0. The van der Waals surface area contributed by atoms with Crippen LogP contribution in [0.3, 0.4) is 0 Å². The van der Waals surface area contributed by atoms with Gasteiger partial charge in [-0.25, -0.2) is 0 Å². The molecule has 1 atom stereocenters. The molecule has 0 N–H and O–H groups in total. The van der Waals surface area contributed by atoms with Crippen LogP contribution >= 0.6 is 0 Å². The summed E-state index contributed by atoms with van der Waals surface area (Å²) < 4.78 is 16.1. The molecule has 5 nitrogen and oxygen atoms in total. The summed E-state index contributed by atoms with van der Waals surface area (Å²) >= 11 is 0. The van der Waals surface area contributed by atoms with E-state index in [-0.39, 0.29) is 11.9 Å². The smallest absolute Gasteiger partial charge is 0.305 e. The van der Waals surface area contributed by atoms with Crippen LogP contribution in [0.1, 0.15) is 142 Å². The topological polar surface area (TPSA) is 61.8 Å². The summed E-state index contributed by atoms with van der Waals surface area (Å²) in [6.07, 6.45) is 21.5. The van der Waals surface area contributed by atoms with E-state index in [9.17, 15) is 9.59 Å². The maximum atomic E-state index is 12.0. The summed E-state index contributed by atoms with van der Waals surface area (Å²) in [5.41, 5.74) is 0. The van der Waals surface area contributed by atoms with Crippen molar-refractivity contribution in [1.29, 1.82) is 0 Å². The number of rotatable bonds is 26. The molecule has 0 amide bonds. The van der Waals surface area contributed by atoms with Gasteiger partial charge in [0.1, 0.15) is 0 Å². The van der Waals surface area contributed by atoms with Crippen molar-refractivity contribution in [2.75, 3.05) is 26.9 Å². The first kappa shape index (κ1) is 32.9. The van der Waals surface area contributed by atoms with Crippen molar-refractivity contribution in [3.8, 4) is 0 Å². The molecule has 0 saturated carbocycles. The minimum absolute atomic E-state index is 0.0489. The van der Waals surface area contributed by atoms with Crippen molar-refractivity contribution in [2.45, 2.75) is 142 Å². The van der Waals surface area contributed by atoms with Gasteiger partial charge in [-0.2, -0.15) is 0 Å².